The van der Waals surface area contributed by atoms with Crippen LogP contribution in [0.3, 0.4) is 0 Å². The minimum absolute atomic E-state index is 0.0503. The van der Waals surface area contributed by atoms with E-state index in [1.807, 2.05) is 24.3 Å². The zero-order valence-electron chi connectivity index (χ0n) is 7.21. The average molecular weight is 163 g/mol. The molecule has 0 bridgehead atoms. The molecular weight excluding hydrogens is 150 g/mol. The van der Waals surface area contributed by atoms with Crippen LogP contribution in [0, 0.1) is 0 Å². The largest absolute Gasteiger partial charge is 0.398 e. The van der Waals surface area contributed by atoms with Crippen LogP contribution in [0.5, 0.6) is 0 Å². The number of benzene rings is 1. The number of rotatable bonds is 2. The zero-order chi connectivity index (χ0) is 8.60. The van der Waals surface area contributed by atoms with Crippen LogP contribution in [0.15, 0.2) is 24.3 Å². The fourth-order valence-electron chi connectivity index (χ4n) is 1.61. The molecule has 0 radical (unpaired) electrons. The summed E-state index contributed by atoms with van der Waals surface area (Å²) in [5.74, 6) is 0. The average Bonchev–Trinajstić information content (AvgIpc) is 2.86. The second-order valence-electron chi connectivity index (χ2n) is 3.29. The summed E-state index contributed by atoms with van der Waals surface area (Å²) >= 11 is 0. The Hall–Kier alpha value is -1.02. The van der Waals surface area contributed by atoms with Gasteiger partial charge < -0.3 is 10.5 Å². The fourth-order valence-corrected chi connectivity index (χ4v) is 1.61. The van der Waals surface area contributed by atoms with Gasteiger partial charge in [-0.05, 0) is 18.9 Å². The van der Waals surface area contributed by atoms with Crippen molar-refractivity contribution in [3.8, 4) is 0 Å². The molecule has 12 heavy (non-hydrogen) atoms. The summed E-state index contributed by atoms with van der Waals surface area (Å²) in [6, 6.07) is 7.93. The first kappa shape index (κ1) is 7.62. The third-order valence-electron chi connectivity index (χ3n) is 2.55. The van der Waals surface area contributed by atoms with E-state index in [0.717, 1.165) is 24.1 Å². The van der Waals surface area contributed by atoms with Gasteiger partial charge in [0, 0.05) is 18.4 Å². The molecular formula is C10H13NO. The molecule has 0 heterocycles. The molecule has 64 valence electrons. The van der Waals surface area contributed by atoms with Crippen LogP contribution in [0.2, 0.25) is 0 Å². The first-order valence-electron chi connectivity index (χ1n) is 4.19. The molecule has 2 heteroatoms. The summed E-state index contributed by atoms with van der Waals surface area (Å²) in [5, 5.41) is 0. The number of para-hydroxylation sites is 1. The van der Waals surface area contributed by atoms with E-state index < -0.39 is 0 Å². The molecule has 0 aliphatic heterocycles. The Morgan fingerprint density at radius 2 is 2.00 bits per heavy atom. The molecule has 0 unspecified atom stereocenters. The van der Waals surface area contributed by atoms with Crippen molar-refractivity contribution in [2.45, 2.75) is 18.4 Å². The summed E-state index contributed by atoms with van der Waals surface area (Å²) in [5.41, 5.74) is 7.78. The highest BCUT2D eigenvalue weighted by atomic mass is 16.5. The topological polar surface area (TPSA) is 35.2 Å². The van der Waals surface area contributed by atoms with Gasteiger partial charge in [0.05, 0.1) is 5.60 Å². The van der Waals surface area contributed by atoms with Crippen molar-refractivity contribution in [1.29, 1.82) is 0 Å². The smallest absolute Gasteiger partial charge is 0.0949 e. The molecule has 1 fully saturated rings. The van der Waals surface area contributed by atoms with Gasteiger partial charge in [0.25, 0.3) is 0 Å². The lowest BCUT2D eigenvalue weighted by atomic mass is 10.1. The second-order valence-corrected chi connectivity index (χ2v) is 3.29. The van der Waals surface area contributed by atoms with E-state index in [4.69, 9.17) is 10.5 Å². The molecule has 2 nitrogen and oxygen atoms in total. The monoisotopic (exact) mass is 163 g/mol. The highest BCUT2D eigenvalue weighted by Gasteiger charge is 2.45. The Morgan fingerprint density at radius 3 is 2.50 bits per heavy atom. The minimum Gasteiger partial charge on any atom is -0.398 e. The Labute approximate surface area is 72.3 Å². The second kappa shape index (κ2) is 2.49. The minimum atomic E-state index is -0.0503. The molecule has 1 saturated carbocycles. The van der Waals surface area contributed by atoms with Crippen LogP contribution in [0.1, 0.15) is 18.4 Å². The number of ether oxygens (including phenoxy) is 1. The van der Waals surface area contributed by atoms with E-state index in [1.165, 1.54) is 0 Å². The van der Waals surface area contributed by atoms with E-state index in [1.54, 1.807) is 7.11 Å². The van der Waals surface area contributed by atoms with Crippen molar-refractivity contribution in [3.05, 3.63) is 29.8 Å². The molecule has 1 aliphatic carbocycles. The van der Waals surface area contributed by atoms with Gasteiger partial charge >= 0.3 is 0 Å². The summed E-state index contributed by atoms with van der Waals surface area (Å²) in [6.45, 7) is 0. The third-order valence-corrected chi connectivity index (χ3v) is 2.55. The Kier molecular flexibility index (Phi) is 1.58. The van der Waals surface area contributed by atoms with E-state index in [2.05, 4.69) is 0 Å². The predicted molar refractivity (Wildman–Crippen MR) is 48.8 cm³/mol. The van der Waals surface area contributed by atoms with Crippen LogP contribution < -0.4 is 5.73 Å². The Morgan fingerprint density at radius 1 is 1.33 bits per heavy atom. The molecule has 1 aliphatic rings. The summed E-state index contributed by atoms with van der Waals surface area (Å²) < 4.78 is 5.44. The van der Waals surface area contributed by atoms with Crippen molar-refractivity contribution in [1.82, 2.24) is 0 Å². The Balaban J connectivity index is 2.40. The lowest BCUT2D eigenvalue weighted by molar-refractivity contribution is 0.0795. The molecule has 0 aromatic heterocycles. The third kappa shape index (κ3) is 0.994. The molecule has 1 aromatic carbocycles. The summed E-state index contributed by atoms with van der Waals surface area (Å²) in [4.78, 5) is 0. The number of anilines is 1. The standard InChI is InChI=1S/C10H13NO/c1-12-10(6-7-10)8-4-2-3-5-9(8)11/h2-5H,6-7,11H2,1H3. The predicted octanol–water partition coefficient (Wildman–Crippen LogP) is 1.90. The molecule has 0 atom stereocenters. The number of methoxy groups -OCH3 is 1. The van der Waals surface area contributed by atoms with Crippen LogP contribution in [0.25, 0.3) is 0 Å². The highest BCUT2D eigenvalue weighted by Crippen LogP contribution is 2.50. The SMILES string of the molecule is COC1(c2ccccc2N)CC1. The van der Waals surface area contributed by atoms with Gasteiger partial charge in [-0.1, -0.05) is 18.2 Å². The summed E-state index contributed by atoms with van der Waals surface area (Å²) in [7, 11) is 1.75. The maximum Gasteiger partial charge on any atom is 0.0949 e. The lowest BCUT2D eigenvalue weighted by Crippen LogP contribution is -2.11. The van der Waals surface area contributed by atoms with E-state index >= 15 is 0 Å². The van der Waals surface area contributed by atoms with Crippen molar-refractivity contribution >= 4 is 5.69 Å². The van der Waals surface area contributed by atoms with Crippen LogP contribution >= 0.6 is 0 Å². The van der Waals surface area contributed by atoms with Crippen LogP contribution in [-0.4, -0.2) is 7.11 Å². The maximum absolute atomic E-state index is 5.84. The van der Waals surface area contributed by atoms with Crippen molar-refractivity contribution in [2.24, 2.45) is 0 Å². The van der Waals surface area contributed by atoms with E-state index in [-0.39, 0.29) is 5.60 Å². The van der Waals surface area contributed by atoms with Gasteiger partial charge in [-0.3, -0.25) is 0 Å². The molecule has 0 amide bonds. The molecule has 2 rings (SSSR count). The van der Waals surface area contributed by atoms with Crippen molar-refractivity contribution in [2.75, 3.05) is 12.8 Å². The van der Waals surface area contributed by atoms with Gasteiger partial charge in [-0.25, -0.2) is 0 Å². The van der Waals surface area contributed by atoms with Gasteiger partial charge in [0.2, 0.25) is 0 Å². The Bertz CT molecular complexity index is 292. The first-order chi connectivity index (χ1) is 5.78. The zero-order valence-corrected chi connectivity index (χ0v) is 7.21. The quantitative estimate of drug-likeness (QED) is 0.676. The van der Waals surface area contributed by atoms with Crippen molar-refractivity contribution < 1.29 is 4.74 Å². The van der Waals surface area contributed by atoms with Crippen LogP contribution in [0.4, 0.5) is 5.69 Å². The van der Waals surface area contributed by atoms with Gasteiger partial charge in [0.15, 0.2) is 0 Å². The van der Waals surface area contributed by atoms with Gasteiger partial charge in [-0.15, -0.1) is 0 Å². The van der Waals surface area contributed by atoms with Crippen molar-refractivity contribution in [3.63, 3.8) is 0 Å². The highest BCUT2D eigenvalue weighted by molar-refractivity contribution is 5.51. The van der Waals surface area contributed by atoms with E-state index in [0.29, 0.717) is 0 Å². The number of hydrogen-bond acceptors (Lipinski definition) is 2. The number of hydrogen-bond donors (Lipinski definition) is 1. The molecule has 2 N–H and O–H groups in total. The van der Waals surface area contributed by atoms with E-state index in [9.17, 15) is 0 Å². The van der Waals surface area contributed by atoms with Gasteiger partial charge in [0.1, 0.15) is 0 Å². The first-order valence-corrected chi connectivity index (χ1v) is 4.19. The fraction of sp³-hybridized carbons (Fsp3) is 0.400. The number of nitrogens with two attached hydrogens (primary N) is 1. The number of nitrogen functional groups attached to an aromatic ring is 1. The van der Waals surface area contributed by atoms with Gasteiger partial charge in [-0.2, -0.15) is 0 Å². The molecule has 0 saturated heterocycles. The summed E-state index contributed by atoms with van der Waals surface area (Å²) in [6.07, 6.45) is 2.19. The molecule has 1 aromatic rings. The van der Waals surface area contributed by atoms with Crippen LogP contribution in [-0.2, 0) is 10.3 Å². The lowest BCUT2D eigenvalue weighted by Gasteiger charge is -2.15. The normalized spacial score (nSPS) is 19.1. The molecule has 0 spiro atoms. The maximum atomic E-state index is 5.84.